The standard InChI is InChI=1S/C22H16ClN3O4/c23-18-7-2-1-6-17(18)22(28)25-16-5-3-4-15(11-16)21(27)26-24-12-14-8-9-19-20(10-14)30-13-29-19/h1-12H,13H2,(H,25,28)(H,26,27)/b24-12-. The Bertz CT molecular complexity index is 1150. The molecular formula is C22H16ClN3O4. The van der Waals surface area contributed by atoms with Crippen molar-refractivity contribution in [1.82, 2.24) is 5.43 Å². The Hall–Kier alpha value is -3.84. The molecule has 1 aliphatic heterocycles. The van der Waals surface area contributed by atoms with Gasteiger partial charge < -0.3 is 14.8 Å². The molecule has 2 amide bonds. The molecule has 0 saturated heterocycles. The second-order valence-electron chi connectivity index (χ2n) is 6.33. The van der Waals surface area contributed by atoms with Gasteiger partial charge in [-0.25, -0.2) is 5.43 Å². The molecule has 0 aliphatic carbocycles. The summed E-state index contributed by atoms with van der Waals surface area (Å²) in [6.07, 6.45) is 1.50. The van der Waals surface area contributed by atoms with Gasteiger partial charge in [0.25, 0.3) is 11.8 Å². The summed E-state index contributed by atoms with van der Waals surface area (Å²) in [5, 5.41) is 7.05. The number of amides is 2. The Labute approximate surface area is 177 Å². The van der Waals surface area contributed by atoms with Crippen molar-refractivity contribution < 1.29 is 19.1 Å². The summed E-state index contributed by atoms with van der Waals surface area (Å²) in [7, 11) is 0. The molecule has 7 nitrogen and oxygen atoms in total. The number of halogens is 1. The van der Waals surface area contributed by atoms with Crippen LogP contribution in [0.3, 0.4) is 0 Å². The lowest BCUT2D eigenvalue weighted by molar-refractivity contribution is 0.0953. The minimum Gasteiger partial charge on any atom is -0.454 e. The second-order valence-corrected chi connectivity index (χ2v) is 6.73. The molecule has 1 heterocycles. The van der Waals surface area contributed by atoms with Crippen molar-refractivity contribution in [3.63, 3.8) is 0 Å². The molecule has 0 spiro atoms. The fraction of sp³-hybridized carbons (Fsp3) is 0.0455. The number of carbonyl (C=O) groups is 2. The molecule has 0 fully saturated rings. The van der Waals surface area contributed by atoms with Crippen molar-refractivity contribution in [3.05, 3.63) is 88.4 Å². The van der Waals surface area contributed by atoms with Crippen molar-refractivity contribution in [3.8, 4) is 11.5 Å². The zero-order valence-corrected chi connectivity index (χ0v) is 16.3. The van der Waals surface area contributed by atoms with Crippen molar-refractivity contribution >= 4 is 35.3 Å². The molecule has 30 heavy (non-hydrogen) atoms. The maximum atomic E-state index is 12.4. The summed E-state index contributed by atoms with van der Waals surface area (Å²) >= 11 is 6.05. The van der Waals surface area contributed by atoms with Gasteiger partial charge in [-0.2, -0.15) is 5.10 Å². The number of hydrogen-bond donors (Lipinski definition) is 2. The van der Waals surface area contributed by atoms with Crippen molar-refractivity contribution in [2.45, 2.75) is 0 Å². The lowest BCUT2D eigenvalue weighted by Gasteiger charge is -2.08. The number of benzene rings is 3. The highest BCUT2D eigenvalue weighted by molar-refractivity contribution is 6.34. The van der Waals surface area contributed by atoms with Crippen LogP contribution in [0.5, 0.6) is 11.5 Å². The Morgan fingerprint density at radius 3 is 2.63 bits per heavy atom. The highest BCUT2D eigenvalue weighted by atomic mass is 35.5. The van der Waals surface area contributed by atoms with Crippen LogP contribution in [0.25, 0.3) is 0 Å². The summed E-state index contributed by atoms with van der Waals surface area (Å²) in [6, 6.07) is 18.6. The third kappa shape index (κ3) is 4.42. The van der Waals surface area contributed by atoms with Crippen molar-refractivity contribution in [2.24, 2.45) is 5.10 Å². The molecule has 2 N–H and O–H groups in total. The highest BCUT2D eigenvalue weighted by Crippen LogP contribution is 2.31. The van der Waals surface area contributed by atoms with Crippen LogP contribution < -0.4 is 20.2 Å². The molecule has 0 atom stereocenters. The first kappa shape index (κ1) is 19.5. The third-order valence-electron chi connectivity index (χ3n) is 4.28. The second kappa shape index (κ2) is 8.67. The fourth-order valence-corrected chi connectivity index (χ4v) is 3.03. The molecule has 0 saturated carbocycles. The molecule has 8 heteroatoms. The number of nitrogens with zero attached hydrogens (tertiary/aromatic N) is 1. The molecule has 0 unspecified atom stereocenters. The molecule has 3 aromatic rings. The smallest absolute Gasteiger partial charge is 0.271 e. The van der Waals surface area contributed by atoms with Gasteiger partial charge in [0.05, 0.1) is 16.8 Å². The fourth-order valence-electron chi connectivity index (χ4n) is 2.81. The normalized spacial score (nSPS) is 12.0. The van der Waals surface area contributed by atoms with Gasteiger partial charge in [0, 0.05) is 11.3 Å². The van der Waals surface area contributed by atoms with Gasteiger partial charge in [-0.05, 0) is 54.1 Å². The van der Waals surface area contributed by atoms with E-state index >= 15 is 0 Å². The van der Waals surface area contributed by atoms with Gasteiger partial charge in [-0.15, -0.1) is 0 Å². The number of ether oxygens (including phenoxy) is 2. The minimum atomic E-state index is -0.416. The minimum absolute atomic E-state index is 0.190. The lowest BCUT2D eigenvalue weighted by atomic mass is 10.1. The molecule has 150 valence electrons. The molecule has 0 aromatic heterocycles. The van der Waals surface area contributed by atoms with Crippen LogP contribution >= 0.6 is 11.6 Å². The van der Waals surface area contributed by atoms with E-state index in [1.54, 1.807) is 66.7 Å². The molecular weight excluding hydrogens is 406 g/mol. The first-order valence-electron chi connectivity index (χ1n) is 8.99. The number of carbonyl (C=O) groups excluding carboxylic acids is 2. The van der Waals surface area contributed by atoms with E-state index in [-0.39, 0.29) is 12.7 Å². The number of rotatable bonds is 5. The van der Waals surface area contributed by atoms with E-state index in [0.29, 0.717) is 33.3 Å². The number of fused-ring (bicyclic) bond motifs is 1. The van der Waals surface area contributed by atoms with Gasteiger partial charge in [-0.1, -0.05) is 29.8 Å². The van der Waals surface area contributed by atoms with Gasteiger partial charge >= 0.3 is 0 Å². The maximum Gasteiger partial charge on any atom is 0.271 e. The summed E-state index contributed by atoms with van der Waals surface area (Å²) < 4.78 is 10.6. The predicted octanol–water partition coefficient (Wildman–Crippen LogP) is 4.08. The van der Waals surface area contributed by atoms with Crippen LogP contribution in [-0.2, 0) is 0 Å². The van der Waals surface area contributed by atoms with E-state index in [9.17, 15) is 9.59 Å². The zero-order chi connectivity index (χ0) is 20.9. The molecule has 0 bridgehead atoms. The van der Waals surface area contributed by atoms with Gasteiger partial charge in [-0.3, -0.25) is 9.59 Å². The Morgan fingerprint density at radius 2 is 1.77 bits per heavy atom. The van der Waals surface area contributed by atoms with E-state index in [2.05, 4.69) is 15.8 Å². The quantitative estimate of drug-likeness (QED) is 0.479. The average molecular weight is 422 g/mol. The number of hydrazone groups is 1. The van der Waals surface area contributed by atoms with E-state index in [4.69, 9.17) is 21.1 Å². The largest absolute Gasteiger partial charge is 0.454 e. The van der Waals surface area contributed by atoms with Crippen molar-refractivity contribution in [1.29, 1.82) is 0 Å². The van der Waals surface area contributed by atoms with E-state index in [1.807, 2.05) is 0 Å². The summed E-state index contributed by atoms with van der Waals surface area (Å²) in [6.45, 7) is 0.190. The zero-order valence-electron chi connectivity index (χ0n) is 15.6. The van der Waals surface area contributed by atoms with E-state index in [0.717, 1.165) is 5.56 Å². The Morgan fingerprint density at radius 1 is 0.933 bits per heavy atom. The molecule has 1 aliphatic rings. The molecule has 3 aromatic carbocycles. The summed E-state index contributed by atoms with van der Waals surface area (Å²) in [5.74, 6) is 0.527. The summed E-state index contributed by atoms with van der Waals surface area (Å²) in [4.78, 5) is 24.8. The van der Waals surface area contributed by atoms with Crippen LogP contribution in [0.2, 0.25) is 5.02 Å². The average Bonchev–Trinajstić information content (AvgIpc) is 3.22. The van der Waals surface area contributed by atoms with Crippen LogP contribution in [0, 0.1) is 0 Å². The highest BCUT2D eigenvalue weighted by Gasteiger charge is 2.13. The van der Waals surface area contributed by atoms with Crippen LogP contribution in [-0.4, -0.2) is 24.8 Å². The Balaban J connectivity index is 1.40. The van der Waals surface area contributed by atoms with Gasteiger partial charge in [0.2, 0.25) is 6.79 Å². The number of anilines is 1. The van der Waals surface area contributed by atoms with E-state index in [1.165, 1.54) is 6.21 Å². The first-order chi connectivity index (χ1) is 14.6. The van der Waals surface area contributed by atoms with Crippen LogP contribution in [0.1, 0.15) is 26.3 Å². The first-order valence-corrected chi connectivity index (χ1v) is 9.37. The topological polar surface area (TPSA) is 89.0 Å². The van der Waals surface area contributed by atoms with Gasteiger partial charge in [0.15, 0.2) is 11.5 Å². The van der Waals surface area contributed by atoms with Crippen LogP contribution in [0.15, 0.2) is 71.8 Å². The number of nitrogens with one attached hydrogen (secondary N) is 2. The number of hydrogen-bond acceptors (Lipinski definition) is 5. The van der Waals surface area contributed by atoms with Crippen LogP contribution in [0.4, 0.5) is 5.69 Å². The molecule has 0 radical (unpaired) electrons. The monoisotopic (exact) mass is 421 g/mol. The predicted molar refractivity (Wildman–Crippen MR) is 113 cm³/mol. The summed E-state index contributed by atoms with van der Waals surface area (Å²) in [5.41, 5.74) is 4.37. The third-order valence-corrected chi connectivity index (χ3v) is 4.61. The van der Waals surface area contributed by atoms with Gasteiger partial charge in [0.1, 0.15) is 0 Å². The van der Waals surface area contributed by atoms with E-state index < -0.39 is 5.91 Å². The van der Waals surface area contributed by atoms with Crippen molar-refractivity contribution in [2.75, 3.05) is 12.1 Å². The Kier molecular flexibility index (Phi) is 5.63. The lowest BCUT2D eigenvalue weighted by Crippen LogP contribution is -2.18. The SMILES string of the molecule is O=C(N/N=C\c1ccc2c(c1)OCO2)c1cccc(NC(=O)c2ccccc2Cl)c1. The molecule has 4 rings (SSSR count). The maximum absolute atomic E-state index is 12.4.